The van der Waals surface area contributed by atoms with Crippen LogP contribution in [-0.2, 0) is 4.74 Å². The van der Waals surface area contributed by atoms with Crippen LogP contribution in [0.4, 0.5) is 0 Å². The second-order valence-corrected chi connectivity index (χ2v) is 5.97. The molecule has 1 unspecified atom stereocenters. The average molecular weight is 257 g/mol. The van der Waals surface area contributed by atoms with Crippen LogP contribution in [0.2, 0.25) is 0 Å². The molecule has 2 N–H and O–H groups in total. The van der Waals surface area contributed by atoms with Crippen molar-refractivity contribution in [3.63, 3.8) is 0 Å². The zero-order valence-corrected chi connectivity index (χ0v) is 12.6. The predicted molar refractivity (Wildman–Crippen MR) is 76.8 cm³/mol. The van der Waals surface area contributed by atoms with Crippen LogP contribution in [0, 0.1) is 5.92 Å². The van der Waals surface area contributed by atoms with Crippen LogP contribution in [-0.4, -0.2) is 68.8 Å². The molecular formula is C14H31N3O. The van der Waals surface area contributed by atoms with Crippen LogP contribution in [0.3, 0.4) is 0 Å². The van der Waals surface area contributed by atoms with Crippen LogP contribution in [0.5, 0.6) is 0 Å². The number of rotatable bonds is 7. The summed E-state index contributed by atoms with van der Waals surface area (Å²) in [5, 5.41) is 0. The number of likely N-dealkylation sites (tertiary alicyclic amines) is 1. The Morgan fingerprint density at radius 2 is 2.00 bits per heavy atom. The zero-order valence-electron chi connectivity index (χ0n) is 12.6. The van der Waals surface area contributed by atoms with Gasteiger partial charge in [0.05, 0.1) is 12.1 Å². The molecule has 1 rings (SSSR count). The van der Waals surface area contributed by atoms with Crippen molar-refractivity contribution in [3.05, 3.63) is 0 Å². The van der Waals surface area contributed by atoms with Crippen molar-refractivity contribution < 1.29 is 4.74 Å². The van der Waals surface area contributed by atoms with Crippen LogP contribution in [0.25, 0.3) is 0 Å². The normalized spacial score (nSPS) is 22.3. The summed E-state index contributed by atoms with van der Waals surface area (Å²) >= 11 is 0. The standard InChI is InChI=1S/C14H31N3O/c1-5-18-12-14(2,11-15)17(4)10-13-6-8-16(3)9-7-13/h13H,5-12,15H2,1-4H3. The molecule has 1 aliphatic heterocycles. The molecule has 0 spiro atoms. The highest BCUT2D eigenvalue weighted by Gasteiger charge is 2.30. The highest BCUT2D eigenvalue weighted by Crippen LogP contribution is 2.21. The zero-order chi connectivity index (χ0) is 13.6. The number of ether oxygens (including phenoxy) is 1. The lowest BCUT2D eigenvalue weighted by molar-refractivity contribution is 0.0121. The van der Waals surface area contributed by atoms with E-state index in [4.69, 9.17) is 10.5 Å². The van der Waals surface area contributed by atoms with Crippen molar-refractivity contribution in [2.75, 3.05) is 53.5 Å². The van der Waals surface area contributed by atoms with Crippen LogP contribution < -0.4 is 5.73 Å². The van der Waals surface area contributed by atoms with E-state index in [0.29, 0.717) is 6.54 Å². The number of hydrogen-bond donors (Lipinski definition) is 1. The van der Waals surface area contributed by atoms with E-state index in [1.807, 2.05) is 6.92 Å². The van der Waals surface area contributed by atoms with Crippen molar-refractivity contribution in [2.24, 2.45) is 11.7 Å². The van der Waals surface area contributed by atoms with E-state index in [1.165, 1.54) is 25.9 Å². The van der Waals surface area contributed by atoms with Gasteiger partial charge in [-0.1, -0.05) is 0 Å². The molecule has 0 aliphatic carbocycles. The molecule has 0 aromatic carbocycles. The number of likely N-dealkylation sites (N-methyl/N-ethyl adjacent to an activating group) is 1. The van der Waals surface area contributed by atoms with E-state index >= 15 is 0 Å². The van der Waals surface area contributed by atoms with Gasteiger partial charge in [-0.3, -0.25) is 4.90 Å². The first-order chi connectivity index (χ1) is 8.51. The predicted octanol–water partition coefficient (Wildman–Crippen LogP) is 1.01. The fraction of sp³-hybridized carbons (Fsp3) is 1.00. The van der Waals surface area contributed by atoms with Crippen LogP contribution >= 0.6 is 0 Å². The minimum absolute atomic E-state index is 0.0284. The Kier molecular flexibility index (Phi) is 6.57. The maximum atomic E-state index is 5.95. The maximum Gasteiger partial charge on any atom is 0.0659 e. The summed E-state index contributed by atoms with van der Waals surface area (Å²) in [6, 6.07) is 0. The van der Waals surface area contributed by atoms with Gasteiger partial charge >= 0.3 is 0 Å². The molecule has 1 atom stereocenters. The van der Waals surface area contributed by atoms with Gasteiger partial charge < -0.3 is 15.4 Å². The Morgan fingerprint density at radius 1 is 1.39 bits per heavy atom. The Bertz CT molecular complexity index is 229. The molecule has 1 heterocycles. The summed E-state index contributed by atoms with van der Waals surface area (Å²) < 4.78 is 5.59. The van der Waals surface area contributed by atoms with Gasteiger partial charge in [0, 0.05) is 19.7 Å². The molecule has 108 valence electrons. The topological polar surface area (TPSA) is 41.7 Å². The van der Waals surface area contributed by atoms with Crippen molar-refractivity contribution in [2.45, 2.75) is 32.2 Å². The van der Waals surface area contributed by atoms with Gasteiger partial charge in [0.15, 0.2) is 0 Å². The number of hydrogen-bond acceptors (Lipinski definition) is 4. The molecule has 0 bridgehead atoms. The smallest absolute Gasteiger partial charge is 0.0659 e. The number of piperidine rings is 1. The fourth-order valence-corrected chi connectivity index (χ4v) is 2.50. The summed E-state index contributed by atoms with van der Waals surface area (Å²) in [6.07, 6.45) is 2.60. The minimum atomic E-state index is -0.0284. The van der Waals surface area contributed by atoms with Crippen LogP contribution in [0.1, 0.15) is 26.7 Å². The second-order valence-electron chi connectivity index (χ2n) is 5.97. The van der Waals surface area contributed by atoms with Gasteiger partial charge in [0.25, 0.3) is 0 Å². The van der Waals surface area contributed by atoms with Crippen molar-refractivity contribution >= 4 is 0 Å². The summed E-state index contributed by atoms with van der Waals surface area (Å²) in [7, 11) is 4.39. The minimum Gasteiger partial charge on any atom is -0.380 e. The summed E-state index contributed by atoms with van der Waals surface area (Å²) in [6.45, 7) is 9.96. The van der Waals surface area contributed by atoms with Gasteiger partial charge in [-0.05, 0) is 59.8 Å². The first kappa shape index (κ1) is 15.9. The molecule has 1 fully saturated rings. The molecule has 0 amide bonds. The molecule has 4 nitrogen and oxygen atoms in total. The highest BCUT2D eigenvalue weighted by molar-refractivity contribution is 4.87. The van der Waals surface area contributed by atoms with E-state index in [-0.39, 0.29) is 5.54 Å². The second kappa shape index (κ2) is 7.43. The monoisotopic (exact) mass is 257 g/mol. The third-order valence-corrected chi connectivity index (χ3v) is 4.35. The molecular weight excluding hydrogens is 226 g/mol. The lowest BCUT2D eigenvalue weighted by Gasteiger charge is -2.41. The first-order valence-electron chi connectivity index (χ1n) is 7.19. The summed E-state index contributed by atoms with van der Waals surface area (Å²) in [5.41, 5.74) is 5.92. The SMILES string of the molecule is CCOCC(C)(CN)N(C)CC1CCN(C)CC1. The van der Waals surface area contributed by atoms with Crippen LogP contribution in [0.15, 0.2) is 0 Å². The number of nitrogens with two attached hydrogens (primary N) is 1. The summed E-state index contributed by atoms with van der Waals surface area (Å²) in [4.78, 5) is 4.82. The van der Waals surface area contributed by atoms with E-state index in [9.17, 15) is 0 Å². The molecule has 18 heavy (non-hydrogen) atoms. The third kappa shape index (κ3) is 4.50. The Morgan fingerprint density at radius 3 is 2.50 bits per heavy atom. The van der Waals surface area contributed by atoms with E-state index in [1.54, 1.807) is 0 Å². The molecule has 1 saturated heterocycles. The van der Waals surface area contributed by atoms with Gasteiger partial charge in [-0.25, -0.2) is 0 Å². The van der Waals surface area contributed by atoms with E-state index in [2.05, 4.69) is 30.8 Å². The van der Waals surface area contributed by atoms with Crippen molar-refractivity contribution in [1.29, 1.82) is 0 Å². The van der Waals surface area contributed by atoms with Gasteiger partial charge in [0.1, 0.15) is 0 Å². The van der Waals surface area contributed by atoms with Crippen molar-refractivity contribution in [1.82, 2.24) is 9.80 Å². The lowest BCUT2D eigenvalue weighted by atomic mass is 9.93. The fourth-order valence-electron chi connectivity index (χ4n) is 2.50. The first-order valence-corrected chi connectivity index (χ1v) is 7.19. The molecule has 0 aromatic rings. The Labute approximate surface area is 112 Å². The average Bonchev–Trinajstić information content (AvgIpc) is 2.38. The maximum absolute atomic E-state index is 5.95. The molecule has 0 aromatic heterocycles. The quantitative estimate of drug-likeness (QED) is 0.739. The van der Waals surface area contributed by atoms with Gasteiger partial charge in [0.2, 0.25) is 0 Å². The van der Waals surface area contributed by atoms with Gasteiger partial charge in [-0.2, -0.15) is 0 Å². The summed E-state index contributed by atoms with van der Waals surface area (Å²) in [5.74, 6) is 0.804. The van der Waals surface area contributed by atoms with Gasteiger partial charge in [-0.15, -0.1) is 0 Å². The lowest BCUT2D eigenvalue weighted by Crippen LogP contribution is -2.55. The van der Waals surface area contributed by atoms with Crippen molar-refractivity contribution in [3.8, 4) is 0 Å². The largest absolute Gasteiger partial charge is 0.380 e. The Balaban J connectivity index is 2.43. The highest BCUT2D eigenvalue weighted by atomic mass is 16.5. The number of nitrogens with zero attached hydrogens (tertiary/aromatic N) is 2. The molecule has 1 aliphatic rings. The Hall–Kier alpha value is -0.160. The molecule has 0 saturated carbocycles. The van der Waals surface area contributed by atoms with E-state index < -0.39 is 0 Å². The molecule has 0 radical (unpaired) electrons. The third-order valence-electron chi connectivity index (χ3n) is 4.35. The van der Waals surface area contributed by atoms with E-state index in [0.717, 1.165) is 25.7 Å². The molecule has 4 heteroatoms.